The summed E-state index contributed by atoms with van der Waals surface area (Å²) in [6.45, 7) is 2.19. The molecule has 1 N–H and O–H groups in total. The highest BCUT2D eigenvalue weighted by Crippen LogP contribution is 2.27. The van der Waals surface area contributed by atoms with E-state index in [1.165, 1.54) is 10.9 Å². The first-order valence-electron chi connectivity index (χ1n) is 4.98. The molecule has 0 amide bonds. The Morgan fingerprint density at radius 2 is 2.21 bits per heavy atom. The largest absolute Gasteiger partial charge is 0.367 e. The van der Waals surface area contributed by atoms with Crippen molar-refractivity contribution in [1.82, 2.24) is 4.98 Å². The molecule has 3 rings (SSSR count). The first kappa shape index (κ1) is 7.80. The first-order valence-corrected chi connectivity index (χ1v) is 4.98. The number of anilines is 1. The number of benzene rings is 1. The highest BCUT2D eigenvalue weighted by Gasteiger charge is 2.17. The van der Waals surface area contributed by atoms with E-state index >= 15 is 0 Å². The van der Waals surface area contributed by atoms with Gasteiger partial charge in [-0.15, -0.1) is 0 Å². The summed E-state index contributed by atoms with van der Waals surface area (Å²) >= 11 is 0. The summed E-state index contributed by atoms with van der Waals surface area (Å²) in [5.41, 5.74) is 2.42. The summed E-state index contributed by atoms with van der Waals surface area (Å²) in [7, 11) is 0. The lowest BCUT2D eigenvalue weighted by atomic mass is 10.1. The summed E-state index contributed by atoms with van der Waals surface area (Å²) < 4.78 is 0. The number of nitrogens with zero attached hydrogens (tertiary/aromatic N) is 1. The van der Waals surface area contributed by atoms with Crippen molar-refractivity contribution in [2.75, 3.05) is 5.32 Å². The first-order chi connectivity index (χ1) is 6.83. The molecule has 0 fully saturated rings. The molecular weight excluding hydrogens is 172 g/mol. The molecular formula is C12H12N2. The smallest absolute Gasteiger partial charge is 0.130 e. The van der Waals surface area contributed by atoms with Crippen LogP contribution in [0.3, 0.4) is 0 Å². The quantitative estimate of drug-likeness (QED) is 0.680. The second-order valence-electron chi connectivity index (χ2n) is 3.94. The molecule has 0 bridgehead atoms. The zero-order chi connectivity index (χ0) is 9.54. The molecule has 0 saturated heterocycles. The van der Waals surface area contributed by atoms with E-state index in [1.807, 2.05) is 6.07 Å². The van der Waals surface area contributed by atoms with E-state index in [-0.39, 0.29) is 0 Å². The minimum atomic E-state index is 0.523. The van der Waals surface area contributed by atoms with Crippen molar-refractivity contribution in [2.45, 2.75) is 19.4 Å². The summed E-state index contributed by atoms with van der Waals surface area (Å²) in [6, 6.07) is 11.0. The molecule has 2 heterocycles. The van der Waals surface area contributed by atoms with Gasteiger partial charge in [0.15, 0.2) is 0 Å². The minimum Gasteiger partial charge on any atom is -0.367 e. The van der Waals surface area contributed by atoms with Crippen molar-refractivity contribution in [2.24, 2.45) is 0 Å². The van der Waals surface area contributed by atoms with Crippen LogP contribution in [0.15, 0.2) is 30.3 Å². The van der Waals surface area contributed by atoms with Crippen LogP contribution in [0.4, 0.5) is 5.82 Å². The lowest BCUT2D eigenvalue weighted by molar-refractivity contribution is 0.839. The van der Waals surface area contributed by atoms with Gasteiger partial charge < -0.3 is 5.32 Å². The summed E-state index contributed by atoms with van der Waals surface area (Å²) in [5.74, 6) is 1.07. The van der Waals surface area contributed by atoms with Gasteiger partial charge in [-0.1, -0.05) is 18.2 Å². The van der Waals surface area contributed by atoms with Crippen molar-refractivity contribution in [1.29, 1.82) is 0 Å². The Kier molecular flexibility index (Phi) is 1.51. The third-order valence-corrected chi connectivity index (χ3v) is 2.71. The Labute approximate surface area is 83.0 Å². The Morgan fingerprint density at radius 1 is 1.36 bits per heavy atom. The Balaban J connectivity index is 2.27. The van der Waals surface area contributed by atoms with Crippen LogP contribution >= 0.6 is 0 Å². The van der Waals surface area contributed by atoms with Crippen LogP contribution in [0.25, 0.3) is 10.9 Å². The van der Waals surface area contributed by atoms with Crippen LogP contribution in [0.5, 0.6) is 0 Å². The standard InChI is InChI=1S/C12H12N2/c1-8-6-10-7-9-4-2-3-5-11(9)14-12(10)13-8/h2-5,7-8H,6H2,1H3,(H,13,14)/t8-/m1/s1. The second-order valence-corrected chi connectivity index (χ2v) is 3.94. The van der Waals surface area contributed by atoms with Gasteiger partial charge in [0.1, 0.15) is 5.82 Å². The van der Waals surface area contributed by atoms with Gasteiger partial charge in [0.25, 0.3) is 0 Å². The number of hydrogen-bond donors (Lipinski definition) is 1. The van der Waals surface area contributed by atoms with Crippen LogP contribution in [0.1, 0.15) is 12.5 Å². The Bertz CT molecular complexity index is 446. The van der Waals surface area contributed by atoms with Crippen LogP contribution < -0.4 is 5.32 Å². The molecule has 2 nitrogen and oxygen atoms in total. The molecule has 1 aromatic carbocycles. The summed E-state index contributed by atoms with van der Waals surface area (Å²) in [5, 5.41) is 4.62. The maximum absolute atomic E-state index is 4.60. The van der Waals surface area contributed by atoms with E-state index in [2.05, 4.69) is 41.5 Å². The molecule has 1 atom stereocenters. The van der Waals surface area contributed by atoms with E-state index in [9.17, 15) is 0 Å². The SMILES string of the molecule is C[C@@H]1Cc2cc3ccccc3nc2N1. The summed E-state index contributed by atoms with van der Waals surface area (Å²) in [6.07, 6.45) is 1.09. The van der Waals surface area contributed by atoms with Crippen molar-refractivity contribution >= 4 is 16.7 Å². The topological polar surface area (TPSA) is 24.9 Å². The number of rotatable bonds is 0. The van der Waals surface area contributed by atoms with Gasteiger partial charge in [-0.3, -0.25) is 0 Å². The second kappa shape index (κ2) is 2.71. The average Bonchev–Trinajstić information content (AvgIpc) is 2.53. The minimum absolute atomic E-state index is 0.523. The van der Waals surface area contributed by atoms with Crippen LogP contribution in [-0.2, 0) is 6.42 Å². The average molecular weight is 184 g/mol. The van der Waals surface area contributed by atoms with Gasteiger partial charge in [0, 0.05) is 11.4 Å². The number of fused-ring (bicyclic) bond motifs is 2. The molecule has 1 aromatic heterocycles. The van der Waals surface area contributed by atoms with Gasteiger partial charge in [0.2, 0.25) is 0 Å². The molecule has 0 radical (unpaired) electrons. The Morgan fingerprint density at radius 3 is 3.14 bits per heavy atom. The van der Waals surface area contributed by atoms with E-state index in [0.717, 1.165) is 17.8 Å². The third-order valence-electron chi connectivity index (χ3n) is 2.71. The van der Waals surface area contributed by atoms with Gasteiger partial charge in [-0.05, 0) is 31.0 Å². The molecule has 2 aromatic rings. The number of nitrogens with one attached hydrogen (secondary N) is 1. The van der Waals surface area contributed by atoms with E-state index in [4.69, 9.17) is 0 Å². The number of para-hydroxylation sites is 1. The zero-order valence-corrected chi connectivity index (χ0v) is 8.12. The maximum atomic E-state index is 4.60. The number of hydrogen-bond acceptors (Lipinski definition) is 2. The molecule has 1 aliphatic rings. The predicted octanol–water partition coefficient (Wildman–Crippen LogP) is 2.59. The highest BCUT2D eigenvalue weighted by molar-refractivity contribution is 5.82. The van der Waals surface area contributed by atoms with Crippen molar-refractivity contribution < 1.29 is 0 Å². The van der Waals surface area contributed by atoms with Crippen molar-refractivity contribution in [3.05, 3.63) is 35.9 Å². The van der Waals surface area contributed by atoms with Crippen molar-refractivity contribution in [3.63, 3.8) is 0 Å². The van der Waals surface area contributed by atoms with E-state index < -0.39 is 0 Å². The lowest BCUT2D eigenvalue weighted by Gasteiger charge is -2.02. The molecule has 2 heteroatoms. The van der Waals surface area contributed by atoms with E-state index in [0.29, 0.717) is 6.04 Å². The maximum Gasteiger partial charge on any atom is 0.130 e. The fourth-order valence-corrected chi connectivity index (χ4v) is 2.05. The van der Waals surface area contributed by atoms with Gasteiger partial charge in [-0.2, -0.15) is 0 Å². The molecule has 1 aliphatic heterocycles. The van der Waals surface area contributed by atoms with Crippen LogP contribution in [-0.4, -0.2) is 11.0 Å². The lowest BCUT2D eigenvalue weighted by Crippen LogP contribution is -2.08. The van der Waals surface area contributed by atoms with Gasteiger partial charge in [0.05, 0.1) is 5.52 Å². The predicted molar refractivity (Wildman–Crippen MR) is 58.5 cm³/mol. The molecule has 0 aliphatic carbocycles. The molecule has 70 valence electrons. The van der Waals surface area contributed by atoms with Crippen molar-refractivity contribution in [3.8, 4) is 0 Å². The Hall–Kier alpha value is -1.57. The molecule has 0 saturated carbocycles. The monoisotopic (exact) mass is 184 g/mol. The molecule has 0 spiro atoms. The number of aromatic nitrogens is 1. The third kappa shape index (κ3) is 1.07. The van der Waals surface area contributed by atoms with Gasteiger partial charge >= 0.3 is 0 Å². The summed E-state index contributed by atoms with van der Waals surface area (Å²) in [4.78, 5) is 4.60. The molecule has 0 unspecified atom stereocenters. The van der Waals surface area contributed by atoms with Gasteiger partial charge in [-0.25, -0.2) is 4.98 Å². The highest BCUT2D eigenvalue weighted by atomic mass is 15.0. The van der Waals surface area contributed by atoms with E-state index in [1.54, 1.807) is 0 Å². The zero-order valence-electron chi connectivity index (χ0n) is 8.12. The van der Waals surface area contributed by atoms with Crippen LogP contribution in [0.2, 0.25) is 0 Å². The number of pyridine rings is 1. The fourth-order valence-electron chi connectivity index (χ4n) is 2.05. The molecule has 14 heavy (non-hydrogen) atoms. The normalized spacial score (nSPS) is 19.4. The van der Waals surface area contributed by atoms with Crippen LogP contribution in [0, 0.1) is 0 Å². The fraction of sp³-hybridized carbons (Fsp3) is 0.250.